The smallest absolute Gasteiger partial charge is 0.260 e. The Morgan fingerprint density at radius 3 is 2.72 bits per heavy atom. The third-order valence-electron chi connectivity index (χ3n) is 5.00. The Morgan fingerprint density at radius 1 is 1.28 bits per heavy atom. The van der Waals surface area contributed by atoms with Gasteiger partial charge in [-0.3, -0.25) is 4.79 Å². The van der Waals surface area contributed by atoms with Crippen molar-refractivity contribution in [2.45, 2.75) is 33.7 Å². The van der Waals surface area contributed by atoms with Gasteiger partial charge in [0.2, 0.25) is 0 Å². The third-order valence-corrected chi connectivity index (χ3v) is 6.90. The monoisotopic (exact) mass is 374 g/mol. The fourth-order valence-corrected chi connectivity index (χ4v) is 6.06. The highest BCUT2D eigenvalue weighted by atomic mass is 32.1. The molecule has 2 N–H and O–H groups in total. The van der Waals surface area contributed by atoms with E-state index in [1.165, 1.54) is 16.2 Å². The Morgan fingerprint density at radius 2 is 2.04 bits per heavy atom. The van der Waals surface area contributed by atoms with Crippen LogP contribution in [0.3, 0.4) is 0 Å². The number of aromatic nitrogens is 2. The highest BCUT2D eigenvalue weighted by Crippen LogP contribution is 2.34. The van der Waals surface area contributed by atoms with Gasteiger partial charge < -0.3 is 9.88 Å². The number of nitrogens with one attached hydrogen (secondary N) is 2. The maximum Gasteiger partial charge on any atom is 0.260 e. The SMILES string of the molecule is Cc1ccc(-c2csc3nc(C[NH+]4C[C@H](C)C[C@@H](C)C4)[nH]c(=O)c23)s1. The number of hydrogen-bond acceptors (Lipinski definition) is 4. The van der Waals surface area contributed by atoms with Crippen molar-refractivity contribution in [3.63, 3.8) is 0 Å². The van der Waals surface area contributed by atoms with Gasteiger partial charge in [0, 0.05) is 32.5 Å². The first-order chi connectivity index (χ1) is 12.0. The molecule has 1 fully saturated rings. The second kappa shape index (κ2) is 6.67. The molecule has 4 rings (SSSR count). The van der Waals surface area contributed by atoms with Crippen molar-refractivity contribution >= 4 is 32.9 Å². The van der Waals surface area contributed by atoms with Gasteiger partial charge in [-0.2, -0.15) is 0 Å². The molecule has 0 radical (unpaired) electrons. The zero-order chi connectivity index (χ0) is 17.6. The largest absolute Gasteiger partial charge is 0.328 e. The standard InChI is InChI=1S/C19H23N3OS2/c1-11-6-12(2)8-22(7-11)9-16-20-18(23)17-14(10-24-19(17)21-16)15-5-4-13(3)25-15/h4-5,10-12H,6-9H2,1-3H3,(H,20,21,23)/p+1/t11-,12-/m1/s1. The van der Waals surface area contributed by atoms with Crippen molar-refractivity contribution in [2.75, 3.05) is 13.1 Å². The molecule has 4 nitrogen and oxygen atoms in total. The van der Waals surface area contributed by atoms with Crippen LogP contribution in [0.4, 0.5) is 0 Å². The van der Waals surface area contributed by atoms with Crippen molar-refractivity contribution in [3.8, 4) is 10.4 Å². The first-order valence-corrected chi connectivity index (χ1v) is 10.6. The number of H-pyrrole nitrogens is 1. The number of aryl methyl sites for hydroxylation is 1. The Kier molecular flexibility index (Phi) is 4.52. The van der Waals surface area contributed by atoms with E-state index in [1.54, 1.807) is 22.7 Å². The predicted molar refractivity (Wildman–Crippen MR) is 106 cm³/mol. The van der Waals surface area contributed by atoms with Gasteiger partial charge >= 0.3 is 0 Å². The lowest BCUT2D eigenvalue weighted by molar-refractivity contribution is -0.926. The number of thiophene rings is 2. The molecule has 1 saturated heterocycles. The number of nitrogens with zero attached hydrogens (tertiary/aromatic N) is 1. The van der Waals surface area contributed by atoms with Crippen LogP contribution in [-0.2, 0) is 6.54 Å². The topological polar surface area (TPSA) is 50.2 Å². The van der Waals surface area contributed by atoms with Crippen LogP contribution in [0.2, 0.25) is 0 Å². The van der Waals surface area contributed by atoms with Crippen LogP contribution in [0.5, 0.6) is 0 Å². The lowest BCUT2D eigenvalue weighted by Gasteiger charge is -2.31. The predicted octanol–water partition coefficient (Wildman–Crippen LogP) is 3.08. The average Bonchev–Trinajstić information content (AvgIpc) is 3.12. The number of likely N-dealkylation sites (tertiary alicyclic amines) is 1. The van der Waals surface area contributed by atoms with E-state index in [9.17, 15) is 4.79 Å². The van der Waals surface area contributed by atoms with E-state index in [1.807, 2.05) is 0 Å². The summed E-state index contributed by atoms with van der Waals surface area (Å²) in [4.78, 5) is 25.4. The molecule has 0 aromatic carbocycles. The molecule has 3 aromatic heterocycles. The van der Waals surface area contributed by atoms with Crippen molar-refractivity contribution < 1.29 is 4.90 Å². The number of rotatable bonds is 3. The zero-order valence-electron chi connectivity index (χ0n) is 14.9. The Balaban J connectivity index is 1.66. The number of aromatic amines is 1. The molecule has 1 aliphatic rings. The summed E-state index contributed by atoms with van der Waals surface area (Å²) in [5.41, 5.74) is 1.02. The summed E-state index contributed by atoms with van der Waals surface area (Å²) in [7, 11) is 0. The van der Waals surface area contributed by atoms with Crippen molar-refractivity contribution in [1.82, 2.24) is 9.97 Å². The van der Waals surface area contributed by atoms with Gasteiger partial charge in [-0.25, -0.2) is 4.98 Å². The molecule has 0 aliphatic carbocycles. The summed E-state index contributed by atoms with van der Waals surface area (Å²) < 4.78 is 0. The molecule has 0 unspecified atom stereocenters. The lowest BCUT2D eigenvalue weighted by atomic mass is 9.92. The van der Waals surface area contributed by atoms with Gasteiger partial charge in [0.1, 0.15) is 11.4 Å². The van der Waals surface area contributed by atoms with Crippen LogP contribution >= 0.6 is 22.7 Å². The van der Waals surface area contributed by atoms with Crippen LogP contribution in [0, 0.1) is 18.8 Å². The van der Waals surface area contributed by atoms with Gasteiger partial charge in [0.25, 0.3) is 5.56 Å². The minimum Gasteiger partial charge on any atom is -0.328 e. The van der Waals surface area contributed by atoms with Gasteiger partial charge in [0.15, 0.2) is 5.82 Å². The minimum atomic E-state index is -0.000176. The molecule has 1 aliphatic heterocycles. The summed E-state index contributed by atoms with van der Waals surface area (Å²) in [6, 6.07) is 4.19. The normalized spacial score (nSPS) is 24.0. The van der Waals surface area contributed by atoms with Crippen molar-refractivity contribution in [3.05, 3.63) is 38.6 Å². The maximum absolute atomic E-state index is 12.7. The molecule has 0 spiro atoms. The molecule has 0 saturated carbocycles. The Hall–Kier alpha value is -1.50. The molecule has 2 atom stereocenters. The molecule has 25 heavy (non-hydrogen) atoms. The number of hydrogen-bond donors (Lipinski definition) is 2. The molecular formula is C19H24N3OS2+. The Bertz CT molecular complexity index is 945. The van der Waals surface area contributed by atoms with E-state index in [2.05, 4.69) is 43.3 Å². The van der Waals surface area contributed by atoms with E-state index in [0.29, 0.717) is 0 Å². The summed E-state index contributed by atoms with van der Waals surface area (Å²) in [5.74, 6) is 2.30. The molecule has 4 heterocycles. The van der Waals surface area contributed by atoms with E-state index in [-0.39, 0.29) is 5.56 Å². The Labute approximate surface area is 155 Å². The fourth-order valence-electron chi connectivity index (χ4n) is 4.14. The first kappa shape index (κ1) is 16.9. The molecular weight excluding hydrogens is 350 g/mol. The third kappa shape index (κ3) is 3.43. The van der Waals surface area contributed by atoms with E-state index in [0.717, 1.165) is 58.0 Å². The van der Waals surface area contributed by atoms with Crippen LogP contribution in [0.25, 0.3) is 20.7 Å². The maximum atomic E-state index is 12.7. The number of fused-ring (bicyclic) bond motifs is 1. The van der Waals surface area contributed by atoms with Crippen LogP contribution < -0.4 is 10.5 Å². The van der Waals surface area contributed by atoms with Crippen molar-refractivity contribution in [1.29, 1.82) is 0 Å². The van der Waals surface area contributed by atoms with Gasteiger partial charge in [-0.15, -0.1) is 22.7 Å². The number of quaternary nitrogens is 1. The van der Waals surface area contributed by atoms with Gasteiger partial charge in [-0.05, 0) is 25.5 Å². The lowest BCUT2D eigenvalue weighted by Crippen LogP contribution is -3.13. The molecule has 6 heteroatoms. The molecule has 3 aromatic rings. The average molecular weight is 375 g/mol. The molecule has 0 bridgehead atoms. The first-order valence-electron chi connectivity index (χ1n) is 8.90. The van der Waals surface area contributed by atoms with Crippen LogP contribution in [0.1, 0.15) is 31.0 Å². The summed E-state index contributed by atoms with van der Waals surface area (Å²) in [6.45, 7) is 9.87. The van der Waals surface area contributed by atoms with Crippen molar-refractivity contribution in [2.24, 2.45) is 11.8 Å². The highest BCUT2D eigenvalue weighted by molar-refractivity contribution is 7.19. The summed E-state index contributed by atoms with van der Waals surface area (Å²) >= 11 is 3.30. The minimum absolute atomic E-state index is 0.000176. The second-order valence-corrected chi connectivity index (χ2v) is 9.68. The number of piperidine rings is 1. The summed E-state index contributed by atoms with van der Waals surface area (Å²) in [6.07, 6.45) is 1.31. The molecule has 0 amide bonds. The van der Waals surface area contributed by atoms with E-state index >= 15 is 0 Å². The zero-order valence-corrected chi connectivity index (χ0v) is 16.5. The van der Waals surface area contributed by atoms with Crippen LogP contribution in [-0.4, -0.2) is 23.1 Å². The van der Waals surface area contributed by atoms with Crippen LogP contribution in [0.15, 0.2) is 22.3 Å². The molecule has 132 valence electrons. The van der Waals surface area contributed by atoms with Gasteiger partial charge in [-0.1, -0.05) is 13.8 Å². The van der Waals surface area contributed by atoms with Gasteiger partial charge in [0.05, 0.1) is 18.5 Å². The van der Waals surface area contributed by atoms with E-state index < -0.39 is 0 Å². The second-order valence-electron chi connectivity index (χ2n) is 7.53. The summed E-state index contributed by atoms with van der Waals surface area (Å²) in [5, 5.41) is 2.81. The van der Waals surface area contributed by atoms with E-state index in [4.69, 9.17) is 4.98 Å². The quantitative estimate of drug-likeness (QED) is 0.740. The fraction of sp³-hybridized carbons (Fsp3) is 0.474. The highest BCUT2D eigenvalue weighted by Gasteiger charge is 2.26.